The van der Waals surface area contributed by atoms with Gasteiger partial charge in [-0.3, -0.25) is 4.79 Å². The van der Waals surface area contributed by atoms with E-state index < -0.39 is 79.2 Å². The molecule has 14 heteroatoms. The van der Waals surface area contributed by atoms with Gasteiger partial charge in [-0.1, -0.05) is 12.1 Å². The van der Waals surface area contributed by atoms with Crippen LogP contribution in [0.1, 0.15) is 6.92 Å². The molecule has 2 aliphatic heterocycles. The molecular formula is C27H30O14. The summed E-state index contributed by atoms with van der Waals surface area (Å²) < 4.78 is 27.5. The number of aromatic hydroxyl groups is 2. The number of ether oxygens (including phenoxy) is 4. The van der Waals surface area contributed by atoms with Crippen LogP contribution in [-0.2, 0) is 14.2 Å². The van der Waals surface area contributed by atoms with Crippen molar-refractivity contribution in [2.45, 2.75) is 68.3 Å². The van der Waals surface area contributed by atoms with Crippen LogP contribution >= 0.6 is 0 Å². The average Bonchev–Trinajstić information content (AvgIpc) is 2.94. The van der Waals surface area contributed by atoms with E-state index in [-0.39, 0.29) is 28.0 Å². The molecule has 5 rings (SSSR count). The first-order chi connectivity index (χ1) is 19.5. The number of rotatable bonds is 6. The summed E-state index contributed by atoms with van der Waals surface area (Å²) >= 11 is 0. The summed E-state index contributed by atoms with van der Waals surface area (Å²) in [7, 11) is 0. The maximum absolute atomic E-state index is 13.0. The van der Waals surface area contributed by atoms with E-state index in [4.69, 9.17) is 23.4 Å². The van der Waals surface area contributed by atoms with Gasteiger partial charge in [0.25, 0.3) is 0 Å². The summed E-state index contributed by atoms with van der Waals surface area (Å²) in [5.41, 5.74) is -0.00707. The van der Waals surface area contributed by atoms with Gasteiger partial charge in [0.05, 0.1) is 18.3 Å². The van der Waals surface area contributed by atoms with Crippen LogP contribution in [-0.4, -0.2) is 109 Å². The first kappa shape index (κ1) is 29.2. The van der Waals surface area contributed by atoms with E-state index in [9.17, 15) is 45.6 Å². The lowest BCUT2D eigenvalue weighted by atomic mass is 9.98. The Morgan fingerprint density at radius 2 is 1.46 bits per heavy atom. The minimum absolute atomic E-state index is 0.00626. The molecule has 222 valence electrons. The van der Waals surface area contributed by atoms with E-state index in [1.165, 1.54) is 43.5 Å². The van der Waals surface area contributed by atoms with Crippen LogP contribution in [0.2, 0.25) is 0 Å². The highest BCUT2D eigenvalue weighted by Crippen LogP contribution is 2.31. The molecule has 41 heavy (non-hydrogen) atoms. The third-order valence-electron chi connectivity index (χ3n) is 7.16. The van der Waals surface area contributed by atoms with Gasteiger partial charge >= 0.3 is 0 Å². The van der Waals surface area contributed by atoms with Crippen molar-refractivity contribution in [1.29, 1.82) is 0 Å². The summed E-state index contributed by atoms with van der Waals surface area (Å²) in [6, 6.07) is 8.15. The second-order valence-electron chi connectivity index (χ2n) is 9.99. The molecule has 2 fully saturated rings. The lowest BCUT2D eigenvalue weighted by Gasteiger charge is -2.42. The molecule has 0 aliphatic carbocycles. The third kappa shape index (κ3) is 5.61. The number of hydrogen-bond donors (Lipinski definition) is 8. The van der Waals surface area contributed by atoms with E-state index in [0.717, 1.165) is 6.07 Å². The molecule has 0 saturated carbocycles. The minimum Gasteiger partial charge on any atom is -0.508 e. The standard InChI is InChI=1S/C27H30O14/c1-10-19(30)22(33)24(35)26(39-10)38-9-17-21(32)23(34)25(36)27(41-17)40-13-4-2-11(3-5-13)14-8-37-16-7-12(28)6-15(29)18(16)20(14)31/h2-8,10,17,19,21-30,32-36H,9H2,1H3. The number of fused-ring (bicyclic) bond motifs is 1. The fourth-order valence-corrected chi connectivity index (χ4v) is 4.76. The summed E-state index contributed by atoms with van der Waals surface area (Å²) in [5.74, 6) is -0.541. The Morgan fingerprint density at radius 1 is 0.805 bits per heavy atom. The molecule has 10 atom stereocenters. The lowest BCUT2D eigenvalue weighted by Crippen LogP contribution is -2.61. The second kappa shape index (κ2) is 11.5. The molecule has 0 amide bonds. The summed E-state index contributed by atoms with van der Waals surface area (Å²) in [5, 5.41) is 80.7. The van der Waals surface area contributed by atoms with Crippen molar-refractivity contribution < 1.29 is 64.2 Å². The minimum atomic E-state index is -1.69. The molecule has 3 heterocycles. The Morgan fingerprint density at radius 3 is 2.17 bits per heavy atom. The molecule has 2 aliphatic rings. The molecule has 2 aromatic carbocycles. The molecule has 0 bridgehead atoms. The third-order valence-corrected chi connectivity index (χ3v) is 7.16. The first-order valence-corrected chi connectivity index (χ1v) is 12.7. The van der Waals surface area contributed by atoms with Gasteiger partial charge in [-0.25, -0.2) is 0 Å². The molecule has 0 radical (unpaired) electrons. The van der Waals surface area contributed by atoms with Crippen LogP contribution in [0.4, 0.5) is 0 Å². The SMILES string of the molecule is CC1OC(OCC2OC(Oc3ccc(-c4coc5cc(O)cc(O)c5c4=O)cc3)C(O)C(O)C2O)C(O)C(O)C1O. The molecule has 10 unspecified atom stereocenters. The first-order valence-electron chi connectivity index (χ1n) is 12.7. The predicted octanol–water partition coefficient (Wildman–Crippen LogP) is -1.10. The van der Waals surface area contributed by atoms with Crippen molar-refractivity contribution in [2.24, 2.45) is 0 Å². The van der Waals surface area contributed by atoms with Crippen molar-refractivity contribution in [1.82, 2.24) is 0 Å². The summed E-state index contributed by atoms with van der Waals surface area (Å²) in [6.07, 6.45) is -13.2. The zero-order valence-electron chi connectivity index (χ0n) is 21.5. The Labute approximate surface area is 231 Å². The monoisotopic (exact) mass is 578 g/mol. The Kier molecular flexibility index (Phi) is 8.20. The number of aliphatic hydroxyl groups is 6. The number of aliphatic hydroxyl groups excluding tert-OH is 6. The van der Waals surface area contributed by atoms with Gasteiger partial charge in [-0.2, -0.15) is 0 Å². The molecular weight excluding hydrogens is 548 g/mol. The Hall–Kier alpha value is -3.31. The lowest BCUT2D eigenvalue weighted by molar-refractivity contribution is -0.318. The van der Waals surface area contributed by atoms with Gasteiger partial charge in [-0.15, -0.1) is 0 Å². The van der Waals surface area contributed by atoms with Crippen LogP contribution in [0, 0.1) is 0 Å². The number of hydrogen-bond acceptors (Lipinski definition) is 14. The van der Waals surface area contributed by atoms with Crippen LogP contribution in [0.3, 0.4) is 0 Å². The zero-order chi connectivity index (χ0) is 29.6. The maximum Gasteiger partial charge on any atom is 0.229 e. The van der Waals surface area contributed by atoms with Gasteiger partial charge in [0.15, 0.2) is 6.29 Å². The van der Waals surface area contributed by atoms with Crippen molar-refractivity contribution >= 4 is 11.0 Å². The van der Waals surface area contributed by atoms with E-state index in [0.29, 0.717) is 5.56 Å². The number of phenolic OH excluding ortho intramolecular Hbond substituents is 2. The molecule has 2 saturated heterocycles. The maximum atomic E-state index is 13.0. The largest absolute Gasteiger partial charge is 0.508 e. The molecule has 0 spiro atoms. The summed E-state index contributed by atoms with van der Waals surface area (Å²) in [4.78, 5) is 13.0. The normalized spacial score (nSPS) is 34.0. The van der Waals surface area contributed by atoms with Crippen LogP contribution in [0.5, 0.6) is 17.2 Å². The quantitative estimate of drug-likeness (QED) is 0.174. The van der Waals surface area contributed by atoms with Crippen molar-refractivity contribution in [3.8, 4) is 28.4 Å². The molecule has 8 N–H and O–H groups in total. The van der Waals surface area contributed by atoms with Gasteiger partial charge in [-0.05, 0) is 24.6 Å². The van der Waals surface area contributed by atoms with Crippen LogP contribution in [0.15, 0.2) is 51.9 Å². The number of phenols is 2. The van der Waals surface area contributed by atoms with E-state index in [2.05, 4.69) is 0 Å². The topological polar surface area (TPSA) is 229 Å². The fraction of sp³-hybridized carbons (Fsp3) is 0.444. The van der Waals surface area contributed by atoms with Crippen molar-refractivity contribution in [3.63, 3.8) is 0 Å². The molecule has 1 aromatic heterocycles. The van der Waals surface area contributed by atoms with E-state index >= 15 is 0 Å². The van der Waals surface area contributed by atoms with Gasteiger partial charge in [0.1, 0.15) is 77.2 Å². The van der Waals surface area contributed by atoms with Crippen molar-refractivity contribution in [3.05, 3.63) is 52.9 Å². The van der Waals surface area contributed by atoms with E-state index in [1.807, 2.05) is 0 Å². The van der Waals surface area contributed by atoms with Gasteiger partial charge < -0.3 is 64.2 Å². The average molecular weight is 579 g/mol. The smallest absolute Gasteiger partial charge is 0.229 e. The van der Waals surface area contributed by atoms with Crippen molar-refractivity contribution in [2.75, 3.05) is 6.61 Å². The highest BCUT2D eigenvalue weighted by atomic mass is 16.7. The number of benzene rings is 2. The highest BCUT2D eigenvalue weighted by Gasteiger charge is 2.47. The Balaban J connectivity index is 1.28. The second-order valence-corrected chi connectivity index (χ2v) is 9.99. The van der Waals surface area contributed by atoms with Gasteiger partial charge in [0.2, 0.25) is 11.7 Å². The zero-order valence-corrected chi connectivity index (χ0v) is 21.5. The van der Waals surface area contributed by atoms with Crippen LogP contribution in [0.25, 0.3) is 22.1 Å². The van der Waals surface area contributed by atoms with E-state index in [1.54, 1.807) is 0 Å². The highest BCUT2D eigenvalue weighted by molar-refractivity contribution is 5.88. The van der Waals surface area contributed by atoms with Crippen LogP contribution < -0.4 is 10.2 Å². The fourth-order valence-electron chi connectivity index (χ4n) is 4.76. The molecule has 14 nitrogen and oxygen atoms in total. The molecule has 3 aromatic rings. The Bertz CT molecular complexity index is 1420. The summed E-state index contributed by atoms with van der Waals surface area (Å²) in [6.45, 7) is 1.03. The van der Waals surface area contributed by atoms with Gasteiger partial charge in [0, 0.05) is 12.1 Å². The predicted molar refractivity (Wildman–Crippen MR) is 137 cm³/mol.